The fraction of sp³-hybridized carbons (Fsp3) is 0.444. The van der Waals surface area contributed by atoms with Gasteiger partial charge in [-0.2, -0.15) is 13.2 Å². The zero-order chi connectivity index (χ0) is 34.8. The van der Waals surface area contributed by atoms with Crippen LogP contribution in [0.15, 0.2) is 72.8 Å². The Balaban J connectivity index is 1.13. The Bertz CT molecular complexity index is 1600. The molecule has 3 aromatic rings. The van der Waals surface area contributed by atoms with Crippen LogP contribution in [0.3, 0.4) is 0 Å². The van der Waals surface area contributed by atoms with Crippen molar-refractivity contribution in [3.05, 3.63) is 100 Å². The van der Waals surface area contributed by atoms with E-state index >= 15 is 0 Å². The first-order chi connectivity index (χ1) is 23.4. The van der Waals surface area contributed by atoms with Gasteiger partial charge >= 0.3 is 12.1 Å². The topological polar surface area (TPSA) is 112 Å². The molecule has 2 amide bonds. The van der Waals surface area contributed by atoms with Crippen LogP contribution in [0.4, 0.5) is 18.9 Å². The van der Waals surface area contributed by atoms with Crippen LogP contribution >= 0.6 is 11.6 Å². The van der Waals surface area contributed by atoms with E-state index in [1.165, 1.54) is 0 Å². The predicted octanol–water partition coefficient (Wildman–Crippen LogP) is 5.85. The van der Waals surface area contributed by atoms with E-state index in [0.717, 1.165) is 16.7 Å². The van der Waals surface area contributed by atoms with Crippen LogP contribution in [-0.4, -0.2) is 76.3 Å². The number of ether oxygens (including phenoxy) is 2. The second-order valence-electron chi connectivity index (χ2n) is 13.0. The maximum Gasteiger partial charge on any atom is 0.471 e. The van der Waals surface area contributed by atoms with E-state index in [4.69, 9.17) is 21.1 Å². The van der Waals surface area contributed by atoms with Gasteiger partial charge in [0, 0.05) is 48.9 Å². The summed E-state index contributed by atoms with van der Waals surface area (Å²) in [5.41, 5.74) is 2.69. The Labute approximate surface area is 287 Å². The summed E-state index contributed by atoms with van der Waals surface area (Å²) in [7, 11) is 0. The minimum atomic E-state index is -5.05. The molecule has 262 valence electrons. The van der Waals surface area contributed by atoms with Crippen molar-refractivity contribution in [2.75, 3.05) is 31.5 Å². The third-order valence-corrected chi connectivity index (χ3v) is 9.90. The number of likely N-dealkylation sites (tertiary alicyclic amines) is 2. The van der Waals surface area contributed by atoms with Gasteiger partial charge in [0.15, 0.2) is 6.29 Å². The third kappa shape index (κ3) is 8.28. The molecule has 9 nitrogen and oxygen atoms in total. The minimum Gasteiger partial charge on any atom is -0.392 e. The van der Waals surface area contributed by atoms with Gasteiger partial charge in [0.2, 0.25) is 5.91 Å². The van der Waals surface area contributed by atoms with Gasteiger partial charge in [0.05, 0.1) is 24.4 Å². The number of hydrogen-bond acceptors (Lipinski definition) is 7. The van der Waals surface area contributed by atoms with E-state index in [1.807, 2.05) is 36.4 Å². The normalized spacial score (nSPS) is 24.5. The Kier molecular flexibility index (Phi) is 10.6. The Morgan fingerprint density at radius 3 is 2.20 bits per heavy atom. The number of amides is 2. The molecule has 6 rings (SSSR count). The molecule has 4 atom stereocenters. The zero-order valence-electron chi connectivity index (χ0n) is 26.7. The largest absolute Gasteiger partial charge is 0.471 e. The highest BCUT2D eigenvalue weighted by Gasteiger charge is 2.47. The van der Waals surface area contributed by atoms with Crippen LogP contribution in [-0.2, 0) is 31.3 Å². The molecule has 3 heterocycles. The molecule has 0 radical (unpaired) electrons. The van der Waals surface area contributed by atoms with E-state index < -0.39 is 35.9 Å². The molecule has 3 aliphatic rings. The molecular weight excluding hydrogens is 663 g/mol. The van der Waals surface area contributed by atoms with Gasteiger partial charge < -0.3 is 34.8 Å². The molecule has 0 unspecified atom stereocenters. The molecule has 0 saturated carbocycles. The molecule has 0 bridgehead atoms. The number of hydrogen-bond donors (Lipinski definition) is 3. The third-order valence-electron chi connectivity index (χ3n) is 9.65. The Hall–Kier alpha value is -3.52. The number of carbonyl (C=O) groups is 2. The van der Waals surface area contributed by atoms with Crippen LogP contribution in [0, 0.1) is 0 Å². The number of anilines is 1. The van der Waals surface area contributed by atoms with E-state index in [2.05, 4.69) is 10.2 Å². The molecule has 0 spiro atoms. The maximum absolute atomic E-state index is 13.0. The summed E-state index contributed by atoms with van der Waals surface area (Å²) < 4.78 is 52.1. The van der Waals surface area contributed by atoms with Crippen molar-refractivity contribution >= 4 is 29.1 Å². The van der Waals surface area contributed by atoms with Gasteiger partial charge in [0.1, 0.15) is 6.04 Å². The molecule has 49 heavy (non-hydrogen) atoms. The van der Waals surface area contributed by atoms with Crippen LogP contribution in [0.25, 0.3) is 0 Å². The summed E-state index contributed by atoms with van der Waals surface area (Å²) >= 11 is 6.05. The summed E-state index contributed by atoms with van der Waals surface area (Å²) in [6, 6.07) is 20.4. The first-order valence-electron chi connectivity index (χ1n) is 16.4. The standard InChI is InChI=1S/C36H39ClF3N3O6/c37-27-11-9-26(10-12-27)35(47)15-18-42(19-16-35)21-29-20-31(24-5-3-23(22-44)4-6-24)49-33(48-29)25-7-13-28(14-8-25)41-32(45)30-2-1-17-43(30)34(46)36(38,39)40/h3-14,29-31,33,44,47H,1-2,15-22H2,(H,41,45)/t29-,30+,31+,33+/m1/s1. The highest BCUT2D eigenvalue weighted by atomic mass is 35.5. The molecule has 13 heteroatoms. The number of alkyl halides is 3. The van der Waals surface area contributed by atoms with Crippen molar-refractivity contribution in [2.24, 2.45) is 0 Å². The Morgan fingerprint density at radius 1 is 0.918 bits per heavy atom. The average molecular weight is 702 g/mol. The second-order valence-corrected chi connectivity index (χ2v) is 13.4. The van der Waals surface area contributed by atoms with Crippen molar-refractivity contribution < 1.29 is 42.4 Å². The summed E-state index contributed by atoms with van der Waals surface area (Å²) in [6.45, 7) is 1.75. The van der Waals surface area contributed by atoms with E-state index in [9.17, 15) is 33.0 Å². The number of nitrogens with zero attached hydrogens (tertiary/aromatic N) is 2. The number of piperidine rings is 1. The van der Waals surface area contributed by atoms with Crippen molar-refractivity contribution in [2.45, 2.75) is 75.0 Å². The summed E-state index contributed by atoms with van der Waals surface area (Å²) in [5, 5.41) is 24.1. The van der Waals surface area contributed by atoms with Crippen LogP contribution in [0.1, 0.15) is 66.8 Å². The van der Waals surface area contributed by atoms with E-state index in [0.29, 0.717) is 66.5 Å². The zero-order valence-corrected chi connectivity index (χ0v) is 27.5. The van der Waals surface area contributed by atoms with Crippen LogP contribution in [0.2, 0.25) is 5.02 Å². The first kappa shape index (κ1) is 35.3. The lowest BCUT2D eigenvalue weighted by atomic mass is 9.84. The minimum absolute atomic E-state index is 0.0716. The maximum atomic E-state index is 13.0. The van der Waals surface area contributed by atoms with Crippen molar-refractivity contribution in [3.8, 4) is 0 Å². The number of aliphatic hydroxyl groups excluding tert-OH is 1. The average Bonchev–Trinajstić information content (AvgIpc) is 3.59. The van der Waals surface area contributed by atoms with Gasteiger partial charge in [-0.15, -0.1) is 0 Å². The molecule has 3 aromatic carbocycles. The highest BCUT2D eigenvalue weighted by molar-refractivity contribution is 6.30. The van der Waals surface area contributed by atoms with Gasteiger partial charge in [-0.3, -0.25) is 9.59 Å². The quantitative estimate of drug-likeness (QED) is 0.270. The van der Waals surface area contributed by atoms with Gasteiger partial charge in [0.25, 0.3) is 0 Å². The number of halogens is 4. The SMILES string of the molecule is O=C(Nc1ccc([C@H]2O[C@@H](CN3CCC(O)(c4ccc(Cl)cc4)CC3)C[C@@H](c3ccc(CO)cc3)O2)cc1)[C@@H]1CCCN1C(=O)C(F)(F)F. The number of carbonyl (C=O) groups excluding carboxylic acids is 2. The molecular formula is C36H39ClF3N3O6. The second kappa shape index (κ2) is 14.8. The number of nitrogens with one attached hydrogen (secondary N) is 1. The number of benzene rings is 3. The molecule has 3 saturated heterocycles. The van der Waals surface area contributed by atoms with Crippen molar-refractivity contribution in [1.82, 2.24) is 9.80 Å². The van der Waals surface area contributed by atoms with Gasteiger partial charge in [-0.25, -0.2) is 0 Å². The van der Waals surface area contributed by atoms with Gasteiger partial charge in [-0.1, -0.05) is 60.1 Å². The molecule has 0 aliphatic carbocycles. The monoisotopic (exact) mass is 701 g/mol. The van der Waals surface area contributed by atoms with E-state index in [-0.39, 0.29) is 31.8 Å². The summed E-state index contributed by atoms with van der Waals surface area (Å²) in [6.07, 6.45) is -4.18. The number of rotatable bonds is 8. The lowest BCUT2D eigenvalue weighted by Crippen LogP contribution is -2.48. The molecule has 0 aromatic heterocycles. The van der Waals surface area contributed by atoms with E-state index in [1.54, 1.807) is 36.4 Å². The lowest BCUT2D eigenvalue weighted by molar-refractivity contribution is -0.253. The molecule has 3 N–H and O–H groups in total. The summed E-state index contributed by atoms with van der Waals surface area (Å²) in [5.74, 6) is -2.69. The molecule has 3 fully saturated rings. The smallest absolute Gasteiger partial charge is 0.392 e. The van der Waals surface area contributed by atoms with Crippen molar-refractivity contribution in [3.63, 3.8) is 0 Å². The fourth-order valence-corrected chi connectivity index (χ4v) is 7.00. The van der Waals surface area contributed by atoms with Crippen LogP contribution in [0.5, 0.6) is 0 Å². The fourth-order valence-electron chi connectivity index (χ4n) is 6.87. The highest BCUT2D eigenvalue weighted by Crippen LogP contribution is 2.40. The first-order valence-corrected chi connectivity index (χ1v) is 16.8. The van der Waals surface area contributed by atoms with Crippen LogP contribution < -0.4 is 5.32 Å². The lowest BCUT2D eigenvalue weighted by Gasteiger charge is -2.42. The van der Waals surface area contributed by atoms with Gasteiger partial charge in [-0.05, 0) is 66.6 Å². The number of aliphatic hydroxyl groups is 2. The molecule has 3 aliphatic heterocycles. The predicted molar refractivity (Wildman–Crippen MR) is 175 cm³/mol. The van der Waals surface area contributed by atoms with Crippen molar-refractivity contribution in [1.29, 1.82) is 0 Å². The summed E-state index contributed by atoms with van der Waals surface area (Å²) in [4.78, 5) is 27.6. The Morgan fingerprint density at radius 2 is 1.57 bits per heavy atom.